The number of aliphatic carboxylic acids is 1. The summed E-state index contributed by atoms with van der Waals surface area (Å²) in [5.41, 5.74) is 0.851. The lowest BCUT2D eigenvalue weighted by Gasteiger charge is -2.19. The van der Waals surface area contributed by atoms with Gasteiger partial charge in [0.15, 0.2) is 0 Å². The molecule has 1 amide bonds. The van der Waals surface area contributed by atoms with Gasteiger partial charge in [0.1, 0.15) is 6.04 Å². The number of carboxylic acids is 1. The number of amides is 1. The van der Waals surface area contributed by atoms with E-state index in [1.807, 2.05) is 0 Å². The van der Waals surface area contributed by atoms with E-state index in [1.54, 1.807) is 30.3 Å². The molecule has 2 rings (SSSR count). The van der Waals surface area contributed by atoms with E-state index in [9.17, 15) is 9.59 Å². The maximum absolute atomic E-state index is 12.0. The van der Waals surface area contributed by atoms with Crippen LogP contribution in [0.4, 0.5) is 0 Å². The summed E-state index contributed by atoms with van der Waals surface area (Å²) in [6, 6.07) is 6.38. The molecule has 1 aromatic rings. The van der Waals surface area contributed by atoms with E-state index < -0.39 is 12.0 Å². The van der Waals surface area contributed by atoms with Crippen molar-refractivity contribution in [1.29, 1.82) is 0 Å². The summed E-state index contributed by atoms with van der Waals surface area (Å²) in [6.45, 7) is 0.501. The normalized spacial score (nSPS) is 19.0. The smallest absolute Gasteiger partial charge is 0.326 e. The minimum absolute atomic E-state index is 0.264. The fourth-order valence-electron chi connectivity index (χ4n) is 2.12. The lowest BCUT2D eigenvalue weighted by molar-refractivity contribution is -0.146. The van der Waals surface area contributed by atoms with Gasteiger partial charge in [0.2, 0.25) is 5.91 Å². The predicted octanol–water partition coefficient (Wildman–Crippen LogP) is 2.43. The van der Waals surface area contributed by atoms with Gasteiger partial charge in [-0.2, -0.15) is 0 Å². The van der Waals surface area contributed by atoms with Crippen LogP contribution in [0.1, 0.15) is 18.4 Å². The molecule has 0 saturated carbocycles. The van der Waals surface area contributed by atoms with E-state index in [2.05, 4.69) is 0 Å². The predicted molar refractivity (Wildman–Crippen MR) is 72.9 cm³/mol. The van der Waals surface area contributed by atoms with E-state index in [0.717, 1.165) is 12.0 Å². The summed E-state index contributed by atoms with van der Waals surface area (Å²) in [5, 5.41) is 9.65. The van der Waals surface area contributed by atoms with Gasteiger partial charge >= 0.3 is 5.97 Å². The van der Waals surface area contributed by atoms with Crippen LogP contribution in [-0.2, 0) is 9.59 Å². The third kappa shape index (κ3) is 3.35. The topological polar surface area (TPSA) is 57.6 Å². The molecule has 1 saturated heterocycles. The number of halogens is 1. The summed E-state index contributed by atoms with van der Waals surface area (Å²) in [7, 11) is 0. The van der Waals surface area contributed by atoms with Gasteiger partial charge in [0, 0.05) is 17.6 Å². The Morgan fingerprint density at radius 3 is 2.63 bits per heavy atom. The maximum atomic E-state index is 12.0. The third-order valence-corrected chi connectivity index (χ3v) is 3.36. The number of likely N-dealkylation sites (tertiary alicyclic amines) is 1. The van der Waals surface area contributed by atoms with Crippen LogP contribution in [0.2, 0.25) is 5.02 Å². The van der Waals surface area contributed by atoms with Crippen LogP contribution < -0.4 is 0 Å². The van der Waals surface area contributed by atoms with Crippen LogP contribution in [0.15, 0.2) is 30.3 Å². The molecule has 1 N–H and O–H groups in total. The monoisotopic (exact) mass is 279 g/mol. The van der Waals surface area contributed by atoms with Gasteiger partial charge in [-0.15, -0.1) is 0 Å². The van der Waals surface area contributed by atoms with Crippen LogP contribution >= 0.6 is 11.6 Å². The summed E-state index contributed by atoms with van der Waals surface area (Å²) in [5.74, 6) is -1.20. The van der Waals surface area contributed by atoms with E-state index in [4.69, 9.17) is 16.7 Å². The molecular weight excluding hydrogens is 266 g/mol. The number of hydrogen-bond donors (Lipinski definition) is 1. The average molecular weight is 280 g/mol. The van der Waals surface area contributed by atoms with Crippen LogP contribution in [0.5, 0.6) is 0 Å². The van der Waals surface area contributed by atoms with Gasteiger partial charge in [-0.3, -0.25) is 4.79 Å². The van der Waals surface area contributed by atoms with Gasteiger partial charge in [-0.25, -0.2) is 4.79 Å². The Hall–Kier alpha value is -1.81. The van der Waals surface area contributed by atoms with E-state index in [0.29, 0.717) is 18.0 Å². The van der Waals surface area contributed by atoms with Crippen LogP contribution in [0.3, 0.4) is 0 Å². The Balaban J connectivity index is 2.04. The molecule has 4 nitrogen and oxygen atoms in total. The van der Waals surface area contributed by atoms with Gasteiger partial charge < -0.3 is 10.0 Å². The van der Waals surface area contributed by atoms with Crippen molar-refractivity contribution < 1.29 is 14.7 Å². The second-order valence-corrected chi connectivity index (χ2v) is 4.85. The molecule has 0 spiro atoms. The first kappa shape index (κ1) is 13.6. The fourth-order valence-corrected chi connectivity index (χ4v) is 2.25. The second-order valence-electron chi connectivity index (χ2n) is 4.41. The Morgan fingerprint density at radius 1 is 1.32 bits per heavy atom. The van der Waals surface area contributed by atoms with Gasteiger partial charge in [0.05, 0.1) is 0 Å². The summed E-state index contributed by atoms with van der Waals surface area (Å²) in [4.78, 5) is 24.3. The number of carbonyl (C=O) groups excluding carboxylic acids is 1. The Morgan fingerprint density at radius 2 is 2.00 bits per heavy atom. The highest BCUT2D eigenvalue weighted by atomic mass is 35.5. The fraction of sp³-hybridized carbons (Fsp3) is 0.286. The van der Waals surface area contributed by atoms with Crippen molar-refractivity contribution in [3.8, 4) is 0 Å². The maximum Gasteiger partial charge on any atom is 0.326 e. The minimum Gasteiger partial charge on any atom is -0.480 e. The van der Waals surface area contributed by atoms with Crippen molar-refractivity contribution in [3.63, 3.8) is 0 Å². The van der Waals surface area contributed by atoms with Crippen molar-refractivity contribution >= 4 is 29.6 Å². The number of nitrogens with zero attached hydrogens (tertiary/aromatic N) is 1. The Labute approximate surface area is 116 Å². The molecule has 5 heteroatoms. The zero-order chi connectivity index (χ0) is 13.8. The molecule has 100 valence electrons. The van der Waals surface area contributed by atoms with Crippen molar-refractivity contribution in [2.45, 2.75) is 18.9 Å². The Kier molecular flexibility index (Phi) is 4.22. The molecule has 0 unspecified atom stereocenters. The SMILES string of the molecule is O=C(O)[C@@H]1CCCN1C(=O)/C=C/c1ccc(Cl)cc1. The molecular formula is C14H14ClNO3. The molecule has 19 heavy (non-hydrogen) atoms. The number of carbonyl (C=O) groups is 2. The molecule has 1 aromatic carbocycles. The average Bonchev–Trinajstić information content (AvgIpc) is 2.87. The molecule has 1 heterocycles. The van der Waals surface area contributed by atoms with Crippen molar-refractivity contribution in [2.75, 3.05) is 6.54 Å². The molecule has 1 fully saturated rings. The number of rotatable bonds is 3. The molecule has 1 aliphatic heterocycles. The van der Waals surface area contributed by atoms with E-state index >= 15 is 0 Å². The number of carboxylic acid groups (broad SMARTS) is 1. The largest absolute Gasteiger partial charge is 0.480 e. The summed E-state index contributed by atoms with van der Waals surface area (Å²) in [6.07, 6.45) is 4.33. The molecule has 0 aliphatic carbocycles. The highest BCUT2D eigenvalue weighted by Crippen LogP contribution is 2.18. The third-order valence-electron chi connectivity index (χ3n) is 3.11. The first-order chi connectivity index (χ1) is 9.08. The second kappa shape index (κ2) is 5.89. The minimum atomic E-state index is -0.939. The summed E-state index contributed by atoms with van der Waals surface area (Å²) < 4.78 is 0. The zero-order valence-corrected chi connectivity index (χ0v) is 11.0. The van der Waals surface area contributed by atoms with Crippen molar-refractivity contribution in [3.05, 3.63) is 40.9 Å². The number of benzene rings is 1. The lowest BCUT2D eigenvalue weighted by atomic mass is 10.2. The van der Waals surface area contributed by atoms with Crippen molar-refractivity contribution in [1.82, 2.24) is 4.90 Å². The first-order valence-corrected chi connectivity index (χ1v) is 6.43. The van der Waals surface area contributed by atoms with E-state index in [-0.39, 0.29) is 5.91 Å². The van der Waals surface area contributed by atoms with Crippen molar-refractivity contribution in [2.24, 2.45) is 0 Å². The number of hydrogen-bond acceptors (Lipinski definition) is 2. The van der Waals surface area contributed by atoms with Gasteiger partial charge in [0.25, 0.3) is 0 Å². The molecule has 1 atom stereocenters. The van der Waals surface area contributed by atoms with Gasteiger partial charge in [-0.05, 0) is 36.6 Å². The molecule has 0 radical (unpaired) electrons. The molecule has 0 aromatic heterocycles. The quantitative estimate of drug-likeness (QED) is 0.865. The van der Waals surface area contributed by atoms with Crippen LogP contribution in [0, 0.1) is 0 Å². The van der Waals surface area contributed by atoms with Gasteiger partial charge in [-0.1, -0.05) is 23.7 Å². The lowest BCUT2D eigenvalue weighted by Crippen LogP contribution is -2.39. The standard InChI is InChI=1S/C14H14ClNO3/c15-11-6-3-10(4-7-11)5-8-13(17)16-9-1-2-12(16)14(18)19/h3-8,12H,1-2,9H2,(H,18,19)/b8-5+/t12-/m0/s1. The highest BCUT2D eigenvalue weighted by Gasteiger charge is 2.32. The van der Waals surface area contributed by atoms with E-state index in [1.165, 1.54) is 11.0 Å². The highest BCUT2D eigenvalue weighted by molar-refractivity contribution is 6.30. The Bertz CT molecular complexity index is 510. The van der Waals surface area contributed by atoms with Crippen LogP contribution in [0.25, 0.3) is 6.08 Å². The first-order valence-electron chi connectivity index (χ1n) is 6.05. The zero-order valence-electron chi connectivity index (χ0n) is 10.3. The molecule has 1 aliphatic rings. The van der Waals surface area contributed by atoms with Crippen LogP contribution in [-0.4, -0.2) is 34.5 Å². The summed E-state index contributed by atoms with van der Waals surface area (Å²) >= 11 is 5.77. The molecule has 0 bridgehead atoms.